The number of ether oxygens (including phenoxy) is 1. The summed E-state index contributed by atoms with van der Waals surface area (Å²) in [5.74, 6) is -2.39. The zero-order chi connectivity index (χ0) is 23.7. The first-order chi connectivity index (χ1) is 14.9. The minimum absolute atomic E-state index is 0.0393. The van der Waals surface area contributed by atoms with Crippen LogP contribution in [0.4, 0.5) is 23.7 Å². The van der Waals surface area contributed by atoms with Gasteiger partial charge in [0.15, 0.2) is 6.10 Å². The number of alkyl halides is 3. The molecule has 0 bridgehead atoms. The van der Waals surface area contributed by atoms with Crippen molar-refractivity contribution in [1.29, 1.82) is 0 Å². The van der Waals surface area contributed by atoms with Crippen molar-refractivity contribution in [1.82, 2.24) is 10.6 Å². The van der Waals surface area contributed by atoms with Gasteiger partial charge in [0.1, 0.15) is 5.54 Å². The highest BCUT2D eigenvalue weighted by molar-refractivity contribution is 6.07. The fourth-order valence-electron chi connectivity index (χ4n) is 3.04. The third-order valence-corrected chi connectivity index (χ3v) is 4.89. The van der Waals surface area contributed by atoms with E-state index in [4.69, 9.17) is 4.74 Å². The molecule has 1 aliphatic rings. The van der Waals surface area contributed by atoms with Gasteiger partial charge in [-0.1, -0.05) is 24.3 Å². The van der Waals surface area contributed by atoms with Gasteiger partial charge in [-0.15, -0.1) is 0 Å². The first kappa shape index (κ1) is 22.8. The molecule has 2 aromatic carbocycles. The molecule has 168 valence electrons. The lowest BCUT2D eigenvalue weighted by molar-refractivity contribution is -0.137. The molecule has 1 heterocycles. The first-order valence-electron chi connectivity index (χ1n) is 9.34. The van der Waals surface area contributed by atoms with Crippen LogP contribution in [0.2, 0.25) is 0 Å². The Morgan fingerprint density at radius 1 is 1.06 bits per heavy atom. The van der Waals surface area contributed by atoms with Gasteiger partial charge in [0.25, 0.3) is 11.8 Å². The molecule has 2 aromatic rings. The van der Waals surface area contributed by atoms with E-state index in [9.17, 15) is 32.3 Å². The highest BCUT2D eigenvalue weighted by atomic mass is 19.4. The molecule has 8 nitrogen and oxygen atoms in total. The molecule has 0 aromatic heterocycles. The number of halogens is 3. The molecule has 1 fully saturated rings. The fraction of sp³-hybridized carbons (Fsp3) is 0.238. The maximum Gasteiger partial charge on any atom is 0.418 e. The van der Waals surface area contributed by atoms with E-state index in [1.807, 2.05) is 0 Å². The van der Waals surface area contributed by atoms with Crippen LogP contribution in [0.25, 0.3) is 0 Å². The van der Waals surface area contributed by atoms with E-state index in [2.05, 4.69) is 16.0 Å². The van der Waals surface area contributed by atoms with Crippen molar-refractivity contribution in [3.8, 4) is 0 Å². The number of esters is 1. The smallest absolute Gasteiger partial charge is 0.418 e. The quantitative estimate of drug-likeness (QED) is 0.480. The van der Waals surface area contributed by atoms with E-state index in [0.717, 1.165) is 12.1 Å². The predicted molar refractivity (Wildman–Crippen MR) is 105 cm³/mol. The molecule has 4 amide bonds. The van der Waals surface area contributed by atoms with Crippen LogP contribution < -0.4 is 16.0 Å². The van der Waals surface area contributed by atoms with E-state index in [0.29, 0.717) is 5.56 Å². The summed E-state index contributed by atoms with van der Waals surface area (Å²) < 4.78 is 44.2. The number of nitrogens with one attached hydrogen (secondary N) is 3. The number of para-hydroxylation sites is 1. The van der Waals surface area contributed by atoms with Gasteiger partial charge in [0, 0.05) is 0 Å². The summed E-state index contributed by atoms with van der Waals surface area (Å²) in [4.78, 5) is 48.0. The van der Waals surface area contributed by atoms with Crippen molar-refractivity contribution in [3.63, 3.8) is 0 Å². The van der Waals surface area contributed by atoms with E-state index in [1.165, 1.54) is 50.2 Å². The molecule has 2 unspecified atom stereocenters. The van der Waals surface area contributed by atoms with Gasteiger partial charge in [-0.2, -0.15) is 13.2 Å². The van der Waals surface area contributed by atoms with Crippen LogP contribution >= 0.6 is 0 Å². The molecule has 0 radical (unpaired) electrons. The second-order valence-corrected chi connectivity index (χ2v) is 7.19. The summed E-state index contributed by atoms with van der Waals surface area (Å²) in [7, 11) is 0. The standard InChI is InChI=1S/C21H18F3N3O5/c1-11(16(28)25-15-6-4-3-5-14(15)21(22,23)24)32-17(29)12-7-9-13(10-8-12)20(2)18(30)26-19(31)27-20/h3-11H,1-2H3,(H,25,28)(H2,26,27,30,31). The third-order valence-electron chi connectivity index (χ3n) is 4.89. The number of benzene rings is 2. The molecule has 2 atom stereocenters. The molecule has 0 spiro atoms. The van der Waals surface area contributed by atoms with Gasteiger partial charge in [0.2, 0.25) is 0 Å². The fourth-order valence-corrected chi connectivity index (χ4v) is 3.04. The highest BCUT2D eigenvalue weighted by Crippen LogP contribution is 2.34. The monoisotopic (exact) mass is 449 g/mol. The van der Waals surface area contributed by atoms with Crippen LogP contribution in [0.15, 0.2) is 48.5 Å². The normalized spacial score (nSPS) is 19.0. The Morgan fingerprint density at radius 2 is 1.69 bits per heavy atom. The minimum atomic E-state index is -4.67. The average molecular weight is 449 g/mol. The van der Waals surface area contributed by atoms with Crippen molar-refractivity contribution >= 4 is 29.5 Å². The molecule has 0 saturated carbocycles. The minimum Gasteiger partial charge on any atom is -0.449 e. The number of carbonyl (C=O) groups excluding carboxylic acids is 4. The van der Waals surface area contributed by atoms with Crippen molar-refractivity contribution < 1.29 is 37.1 Å². The number of anilines is 1. The lowest BCUT2D eigenvalue weighted by Gasteiger charge is -2.21. The number of carbonyl (C=O) groups is 4. The Balaban J connectivity index is 1.67. The molecule has 1 aliphatic heterocycles. The van der Waals surface area contributed by atoms with Crippen LogP contribution in [-0.4, -0.2) is 29.9 Å². The molecule has 32 heavy (non-hydrogen) atoms. The van der Waals surface area contributed by atoms with E-state index >= 15 is 0 Å². The van der Waals surface area contributed by atoms with Crippen LogP contribution in [0.1, 0.15) is 35.3 Å². The Bertz CT molecular complexity index is 1080. The molecule has 3 N–H and O–H groups in total. The second kappa shape index (κ2) is 8.33. The molecular weight excluding hydrogens is 431 g/mol. The molecular formula is C21H18F3N3O5. The summed E-state index contributed by atoms with van der Waals surface area (Å²) in [6.07, 6.45) is -6.06. The van der Waals surface area contributed by atoms with Crippen molar-refractivity contribution in [2.75, 3.05) is 5.32 Å². The van der Waals surface area contributed by atoms with Gasteiger partial charge < -0.3 is 15.4 Å². The summed E-state index contributed by atoms with van der Waals surface area (Å²) in [5, 5.41) is 6.71. The zero-order valence-electron chi connectivity index (χ0n) is 16.9. The molecule has 0 aliphatic carbocycles. The lowest BCUT2D eigenvalue weighted by atomic mass is 9.91. The number of urea groups is 1. The van der Waals surface area contributed by atoms with Gasteiger partial charge in [-0.05, 0) is 43.7 Å². The number of hydrogen-bond donors (Lipinski definition) is 3. The summed E-state index contributed by atoms with van der Waals surface area (Å²) in [6, 6.07) is 9.33. The molecule has 1 saturated heterocycles. The van der Waals surface area contributed by atoms with Crippen LogP contribution in [-0.2, 0) is 26.0 Å². The highest BCUT2D eigenvalue weighted by Gasteiger charge is 2.43. The Kier molecular flexibility index (Phi) is 5.93. The van der Waals surface area contributed by atoms with E-state index in [-0.39, 0.29) is 5.56 Å². The number of imide groups is 1. The number of amides is 4. The Hall–Kier alpha value is -3.89. The van der Waals surface area contributed by atoms with Crippen molar-refractivity contribution in [2.45, 2.75) is 31.7 Å². The van der Waals surface area contributed by atoms with E-state index < -0.39 is 52.9 Å². The van der Waals surface area contributed by atoms with Gasteiger partial charge >= 0.3 is 18.2 Å². The van der Waals surface area contributed by atoms with Gasteiger partial charge in [-0.25, -0.2) is 9.59 Å². The Morgan fingerprint density at radius 3 is 2.25 bits per heavy atom. The zero-order valence-corrected chi connectivity index (χ0v) is 16.9. The topological polar surface area (TPSA) is 114 Å². The van der Waals surface area contributed by atoms with Gasteiger partial charge in [-0.3, -0.25) is 14.9 Å². The number of rotatable bonds is 5. The van der Waals surface area contributed by atoms with Crippen LogP contribution in [0.3, 0.4) is 0 Å². The van der Waals surface area contributed by atoms with Crippen molar-refractivity contribution in [2.24, 2.45) is 0 Å². The third kappa shape index (κ3) is 4.56. The van der Waals surface area contributed by atoms with Crippen LogP contribution in [0, 0.1) is 0 Å². The van der Waals surface area contributed by atoms with Crippen molar-refractivity contribution in [3.05, 3.63) is 65.2 Å². The number of hydrogen-bond acceptors (Lipinski definition) is 5. The predicted octanol–water partition coefficient (Wildman–Crippen LogP) is 2.94. The summed E-state index contributed by atoms with van der Waals surface area (Å²) in [5.41, 5.74) is -2.34. The molecule has 3 rings (SSSR count). The van der Waals surface area contributed by atoms with Crippen LogP contribution in [0.5, 0.6) is 0 Å². The molecule has 11 heteroatoms. The maximum absolute atomic E-state index is 13.1. The van der Waals surface area contributed by atoms with Gasteiger partial charge in [0.05, 0.1) is 16.8 Å². The Labute approximate surface area is 180 Å². The summed E-state index contributed by atoms with van der Waals surface area (Å²) >= 11 is 0. The average Bonchev–Trinajstić information content (AvgIpc) is 3.00. The van der Waals surface area contributed by atoms with E-state index in [1.54, 1.807) is 0 Å². The largest absolute Gasteiger partial charge is 0.449 e. The SMILES string of the molecule is CC(OC(=O)c1ccc(C2(C)NC(=O)NC2=O)cc1)C(=O)Nc1ccccc1C(F)(F)F. The lowest BCUT2D eigenvalue weighted by Crippen LogP contribution is -2.40. The first-order valence-corrected chi connectivity index (χ1v) is 9.34. The maximum atomic E-state index is 13.1. The summed E-state index contributed by atoms with van der Waals surface area (Å²) in [6.45, 7) is 2.71. The second-order valence-electron chi connectivity index (χ2n) is 7.19.